The fourth-order valence-corrected chi connectivity index (χ4v) is 3.34. The smallest absolute Gasteiger partial charge is 0.263 e. The minimum Gasteiger partial charge on any atom is -0.377 e. The van der Waals surface area contributed by atoms with Gasteiger partial charge in [0.2, 0.25) is 0 Å². The lowest BCUT2D eigenvalue weighted by Crippen LogP contribution is -2.38. The quantitative estimate of drug-likeness (QED) is 0.927. The molecule has 19 heavy (non-hydrogen) atoms. The van der Waals surface area contributed by atoms with Gasteiger partial charge in [-0.15, -0.1) is 11.3 Å². The summed E-state index contributed by atoms with van der Waals surface area (Å²) in [4.78, 5) is 16.9. The SMILES string of the molecule is Cc1ncsc1C(=O)NC[C@H]1CCO[C@@H]1C(C)(C)C. The molecule has 1 aliphatic rings. The van der Waals surface area contributed by atoms with Gasteiger partial charge in [0.25, 0.3) is 5.91 Å². The van der Waals surface area contributed by atoms with E-state index in [-0.39, 0.29) is 17.4 Å². The van der Waals surface area contributed by atoms with Gasteiger partial charge in [-0.05, 0) is 18.8 Å². The highest BCUT2D eigenvalue weighted by molar-refractivity contribution is 7.11. The molecule has 2 atom stereocenters. The molecule has 0 radical (unpaired) electrons. The third-order valence-corrected chi connectivity index (χ3v) is 4.47. The number of carbonyl (C=O) groups is 1. The van der Waals surface area contributed by atoms with E-state index in [1.165, 1.54) is 11.3 Å². The Bertz CT molecular complexity index is 451. The van der Waals surface area contributed by atoms with Gasteiger partial charge in [0, 0.05) is 19.1 Å². The molecule has 5 heteroatoms. The van der Waals surface area contributed by atoms with E-state index in [4.69, 9.17) is 4.74 Å². The fourth-order valence-electron chi connectivity index (χ4n) is 2.62. The number of hydrogen-bond donors (Lipinski definition) is 1. The summed E-state index contributed by atoms with van der Waals surface area (Å²) in [5.74, 6) is 0.386. The second-order valence-electron chi connectivity index (χ2n) is 6.18. The standard InChI is InChI=1S/C14H22N2O2S/c1-9-11(19-8-16-9)13(17)15-7-10-5-6-18-12(10)14(2,3)4/h8,10,12H,5-7H2,1-4H3,(H,15,17)/t10-,12+/m1/s1. The van der Waals surface area contributed by atoms with E-state index in [0.717, 1.165) is 18.7 Å². The van der Waals surface area contributed by atoms with Crippen LogP contribution < -0.4 is 5.32 Å². The van der Waals surface area contributed by atoms with Gasteiger partial charge in [0.1, 0.15) is 4.88 Å². The van der Waals surface area contributed by atoms with Crippen molar-refractivity contribution < 1.29 is 9.53 Å². The number of hydrogen-bond acceptors (Lipinski definition) is 4. The Morgan fingerprint density at radius 2 is 2.32 bits per heavy atom. The van der Waals surface area contributed by atoms with Crippen molar-refractivity contribution in [1.82, 2.24) is 10.3 Å². The molecule has 0 unspecified atom stereocenters. The van der Waals surface area contributed by atoms with E-state index in [1.54, 1.807) is 5.51 Å². The van der Waals surface area contributed by atoms with Crippen LogP contribution >= 0.6 is 11.3 Å². The maximum Gasteiger partial charge on any atom is 0.263 e. The van der Waals surface area contributed by atoms with Crippen molar-refractivity contribution in [2.45, 2.75) is 40.2 Å². The zero-order valence-corrected chi connectivity index (χ0v) is 12.8. The van der Waals surface area contributed by atoms with Crippen LogP contribution in [0.25, 0.3) is 0 Å². The van der Waals surface area contributed by atoms with Gasteiger partial charge in [-0.25, -0.2) is 4.98 Å². The first-order chi connectivity index (χ1) is 8.89. The molecule has 2 rings (SSSR count). The molecule has 1 fully saturated rings. The Kier molecular flexibility index (Phi) is 4.26. The molecule has 0 bridgehead atoms. The molecule has 1 aliphatic heterocycles. The van der Waals surface area contributed by atoms with Gasteiger partial charge in [-0.2, -0.15) is 0 Å². The van der Waals surface area contributed by atoms with Crippen LogP contribution in [-0.2, 0) is 4.74 Å². The molecule has 2 heterocycles. The van der Waals surface area contributed by atoms with Crippen molar-refractivity contribution in [3.63, 3.8) is 0 Å². The van der Waals surface area contributed by atoms with E-state index in [2.05, 4.69) is 31.1 Å². The Hall–Kier alpha value is -0.940. The van der Waals surface area contributed by atoms with E-state index < -0.39 is 0 Å². The lowest BCUT2D eigenvalue weighted by molar-refractivity contribution is 0.00738. The number of thiazole rings is 1. The normalized spacial score (nSPS) is 23.6. The molecule has 1 N–H and O–H groups in total. The average molecular weight is 282 g/mol. The van der Waals surface area contributed by atoms with Crippen molar-refractivity contribution in [3.8, 4) is 0 Å². The van der Waals surface area contributed by atoms with Crippen LogP contribution in [0.15, 0.2) is 5.51 Å². The highest BCUT2D eigenvalue weighted by Gasteiger charge is 2.37. The first-order valence-electron chi connectivity index (χ1n) is 6.69. The first kappa shape index (κ1) is 14.5. The molecule has 0 saturated carbocycles. The van der Waals surface area contributed by atoms with Gasteiger partial charge >= 0.3 is 0 Å². The number of amides is 1. The number of rotatable bonds is 3. The number of ether oxygens (including phenoxy) is 1. The van der Waals surface area contributed by atoms with Crippen molar-refractivity contribution in [2.24, 2.45) is 11.3 Å². The van der Waals surface area contributed by atoms with E-state index >= 15 is 0 Å². The second kappa shape index (κ2) is 5.59. The Morgan fingerprint density at radius 1 is 1.58 bits per heavy atom. The summed E-state index contributed by atoms with van der Waals surface area (Å²) in [5.41, 5.74) is 2.63. The second-order valence-corrected chi connectivity index (χ2v) is 7.04. The zero-order chi connectivity index (χ0) is 14.0. The summed E-state index contributed by atoms with van der Waals surface area (Å²) in [7, 11) is 0. The van der Waals surface area contributed by atoms with Gasteiger partial charge in [0.05, 0.1) is 17.3 Å². The predicted molar refractivity (Wildman–Crippen MR) is 76.5 cm³/mol. The highest BCUT2D eigenvalue weighted by Crippen LogP contribution is 2.34. The summed E-state index contributed by atoms with van der Waals surface area (Å²) in [6, 6.07) is 0. The number of nitrogens with one attached hydrogen (secondary N) is 1. The van der Waals surface area contributed by atoms with Crippen molar-refractivity contribution in [3.05, 3.63) is 16.1 Å². The molecule has 1 aromatic heterocycles. The lowest BCUT2D eigenvalue weighted by atomic mass is 9.81. The van der Waals surface area contributed by atoms with Crippen LogP contribution in [0.2, 0.25) is 0 Å². The minimum atomic E-state index is -0.0143. The van der Waals surface area contributed by atoms with Crippen LogP contribution in [0, 0.1) is 18.3 Å². The van der Waals surface area contributed by atoms with Crippen LogP contribution in [0.4, 0.5) is 0 Å². The minimum absolute atomic E-state index is 0.0143. The highest BCUT2D eigenvalue weighted by atomic mass is 32.1. The number of aryl methyl sites for hydroxylation is 1. The Morgan fingerprint density at radius 3 is 2.89 bits per heavy atom. The maximum atomic E-state index is 12.1. The summed E-state index contributed by atoms with van der Waals surface area (Å²) < 4.78 is 5.82. The molecule has 1 aromatic rings. The van der Waals surface area contributed by atoms with Gasteiger partial charge < -0.3 is 10.1 Å². The molecule has 1 amide bonds. The molecule has 4 nitrogen and oxygen atoms in total. The third kappa shape index (κ3) is 3.34. The molecule has 0 aliphatic carbocycles. The van der Waals surface area contributed by atoms with Crippen LogP contribution in [0.3, 0.4) is 0 Å². The molecule has 1 saturated heterocycles. The fraction of sp³-hybridized carbons (Fsp3) is 0.714. The summed E-state index contributed by atoms with van der Waals surface area (Å²) in [6.07, 6.45) is 1.24. The summed E-state index contributed by atoms with van der Waals surface area (Å²) >= 11 is 1.39. The number of nitrogens with zero attached hydrogens (tertiary/aromatic N) is 1. The van der Waals surface area contributed by atoms with E-state index in [1.807, 2.05) is 6.92 Å². The molecule has 0 aromatic carbocycles. The zero-order valence-electron chi connectivity index (χ0n) is 12.0. The van der Waals surface area contributed by atoms with Gasteiger partial charge in [-0.3, -0.25) is 4.79 Å². The average Bonchev–Trinajstić information content (AvgIpc) is 2.93. The Labute approximate surface area is 118 Å². The van der Waals surface area contributed by atoms with Crippen LogP contribution in [-0.4, -0.2) is 30.1 Å². The molecular weight excluding hydrogens is 260 g/mol. The van der Waals surface area contributed by atoms with Gasteiger partial charge in [-0.1, -0.05) is 20.8 Å². The number of aromatic nitrogens is 1. The third-order valence-electron chi connectivity index (χ3n) is 3.54. The largest absolute Gasteiger partial charge is 0.377 e. The van der Waals surface area contributed by atoms with Crippen molar-refractivity contribution in [1.29, 1.82) is 0 Å². The Balaban J connectivity index is 1.92. The summed E-state index contributed by atoms with van der Waals surface area (Å²) in [5, 5.41) is 3.02. The molecular formula is C14H22N2O2S. The van der Waals surface area contributed by atoms with Gasteiger partial charge in [0.15, 0.2) is 0 Å². The van der Waals surface area contributed by atoms with Crippen LogP contribution in [0.5, 0.6) is 0 Å². The molecule has 106 valence electrons. The first-order valence-corrected chi connectivity index (χ1v) is 7.57. The van der Waals surface area contributed by atoms with Crippen molar-refractivity contribution >= 4 is 17.2 Å². The number of carbonyl (C=O) groups excluding carboxylic acids is 1. The van der Waals surface area contributed by atoms with E-state index in [0.29, 0.717) is 17.3 Å². The molecule has 0 spiro atoms. The topological polar surface area (TPSA) is 51.2 Å². The van der Waals surface area contributed by atoms with Crippen molar-refractivity contribution in [2.75, 3.05) is 13.2 Å². The predicted octanol–water partition coefficient (Wildman–Crippen LogP) is 2.63. The monoisotopic (exact) mass is 282 g/mol. The van der Waals surface area contributed by atoms with E-state index in [9.17, 15) is 4.79 Å². The summed E-state index contributed by atoms with van der Waals surface area (Å²) in [6.45, 7) is 9.89. The van der Waals surface area contributed by atoms with Crippen LogP contribution in [0.1, 0.15) is 42.6 Å². The lowest BCUT2D eigenvalue weighted by Gasteiger charge is -2.31. The maximum absolute atomic E-state index is 12.1.